The van der Waals surface area contributed by atoms with E-state index >= 15 is 0 Å². The van der Waals surface area contributed by atoms with Crippen molar-refractivity contribution in [2.24, 2.45) is 0 Å². The molecule has 0 unspecified atom stereocenters. The number of rotatable bonds is 10. The molecule has 0 bridgehead atoms. The van der Waals surface area contributed by atoms with Gasteiger partial charge in [-0.3, -0.25) is 0 Å². The summed E-state index contributed by atoms with van der Waals surface area (Å²) in [5, 5.41) is 8.49. The Morgan fingerprint density at radius 2 is 1.93 bits per heavy atom. The quantitative estimate of drug-likeness (QED) is 0.530. The molecule has 0 rings (SSSR count). The summed E-state index contributed by atoms with van der Waals surface area (Å²) in [7, 11) is -1.53. The molecule has 0 radical (unpaired) electrons. The number of aliphatic hydroxyl groups excluding tert-OH is 1. The Hall–Kier alpha value is -0.170. The van der Waals surface area contributed by atoms with Crippen molar-refractivity contribution in [2.75, 3.05) is 32.6 Å². The van der Waals surface area contributed by atoms with E-state index in [0.717, 1.165) is 25.9 Å². The lowest BCUT2D eigenvalue weighted by atomic mass is 10.2. The molecule has 0 aromatic heterocycles. The molecule has 0 heterocycles. The van der Waals surface area contributed by atoms with E-state index in [-0.39, 0.29) is 12.4 Å². The Morgan fingerprint density at radius 3 is 2.53 bits per heavy atom. The van der Waals surface area contributed by atoms with Gasteiger partial charge in [-0.05, 0) is 25.7 Å². The first-order valence-electron chi connectivity index (χ1n) is 5.19. The first-order chi connectivity index (χ1) is 7.12. The van der Waals surface area contributed by atoms with Crippen molar-refractivity contribution in [1.29, 1.82) is 0 Å². The highest BCUT2D eigenvalue weighted by molar-refractivity contribution is 7.89. The maximum Gasteiger partial charge on any atom is 0.211 e. The molecule has 0 saturated carbocycles. The maximum atomic E-state index is 11.2. The van der Waals surface area contributed by atoms with Gasteiger partial charge in [-0.25, -0.2) is 13.1 Å². The van der Waals surface area contributed by atoms with Gasteiger partial charge in [0.25, 0.3) is 0 Å². The predicted molar refractivity (Wildman–Crippen MR) is 59.2 cm³/mol. The van der Waals surface area contributed by atoms with Crippen molar-refractivity contribution in [1.82, 2.24) is 4.72 Å². The highest BCUT2D eigenvalue weighted by Crippen LogP contribution is 1.95. The largest absolute Gasteiger partial charge is 0.396 e. The van der Waals surface area contributed by atoms with Crippen LogP contribution >= 0.6 is 0 Å². The Morgan fingerprint density at radius 1 is 1.20 bits per heavy atom. The smallest absolute Gasteiger partial charge is 0.211 e. The fraction of sp³-hybridized carbons (Fsp3) is 1.00. The number of hydrogen-bond acceptors (Lipinski definition) is 4. The minimum absolute atomic E-state index is 0.00156. The summed E-state index contributed by atoms with van der Waals surface area (Å²) in [6, 6.07) is 0. The molecule has 0 aliphatic heterocycles. The van der Waals surface area contributed by atoms with E-state index in [1.54, 1.807) is 7.11 Å². The number of hydrogen-bond donors (Lipinski definition) is 2. The molecule has 0 aliphatic carbocycles. The standard InChI is InChI=1S/C9H21NO4S/c1-14-8-4-2-3-6-10-15(12,13)9-5-7-11/h10-11H,2-9H2,1H3. The summed E-state index contributed by atoms with van der Waals surface area (Å²) in [6.45, 7) is 1.10. The van der Waals surface area contributed by atoms with Gasteiger partial charge in [0.1, 0.15) is 0 Å². The molecule has 0 aliphatic rings. The van der Waals surface area contributed by atoms with E-state index < -0.39 is 10.0 Å². The Balaban J connectivity index is 3.41. The highest BCUT2D eigenvalue weighted by Gasteiger charge is 2.07. The van der Waals surface area contributed by atoms with Crippen LogP contribution < -0.4 is 4.72 Å². The molecule has 0 amide bonds. The van der Waals surface area contributed by atoms with Gasteiger partial charge < -0.3 is 9.84 Å². The molecule has 5 nitrogen and oxygen atoms in total. The first kappa shape index (κ1) is 14.8. The SMILES string of the molecule is COCCCCCNS(=O)(=O)CCCO. The average molecular weight is 239 g/mol. The monoisotopic (exact) mass is 239 g/mol. The molecule has 92 valence electrons. The summed E-state index contributed by atoms with van der Waals surface area (Å²) in [5.74, 6) is 0.00156. The van der Waals surface area contributed by atoms with Crippen LogP contribution in [0.25, 0.3) is 0 Å². The molecule has 0 atom stereocenters. The van der Waals surface area contributed by atoms with Crippen LogP contribution in [0.3, 0.4) is 0 Å². The second-order valence-corrected chi connectivity index (χ2v) is 5.27. The molecule has 15 heavy (non-hydrogen) atoms. The molecule has 6 heteroatoms. The number of ether oxygens (including phenoxy) is 1. The van der Waals surface area contributed by atoms with Crippen LogP contribution in [0.15, 0.2) is 0 Å². The fourth-order valence-electron chi connectivity index (χ4n) is 1.10. The molecule has 0 spiro atoms. The molecule has 2 N–H and O–H groups in total. The van der Waals surface area contributed by atoms with Crippen LogP contribution in [-0.2, 0) is 14.8 Å². The summed E-state index contributed by atoms with van der Waals surface area (Å²) in [6.07, 6.45) is 3.02. The van der Waals surface area contributed by atoms with Crippen molar-refractivity contribution in [3.05, 3.63) is 0 Å². The zero-order valence-electron chi connectivity index (χ0n) is 9.24. The number of unbranched alkanes of at least 4 members (excludes halogenated alkanes) is 2. The van der Waals surface area contributed by atoms with Crippen molar-refractivity contribution >= 4 is 10.0 Å². The lowest BCUT2D eigenvalue weighted by molar-refractivity contribution is 0.192. The van der Waals surface area contributed by atoms with Gasteiger partial charge in [-0.1, -0.05) is 0 Å². The summed E-state index contributed by atoms with van der Waals surface area (Å²) >= 11 is 0. The number of sulfonamides is 1. The van der Waals surface area contributed by atoms with Crippen molar-refractivity contribution in [3.8, 4) is 0 Å². The Labute approximate surface area is 91.9 Å². The van der Waals surface area contributed by atoms with E-state index in [2.05, 4.69) is 4.72 Å². The lowest BCUT2D eigenvalue weighted by Gasteiger charge is -2.05. The summed E-state index contributed by atoms with van der Waals surface area (Å²) in [4.78, 5) is 0. The van der Waals surface area contributed by atoms with Gasteiger partial charge in [0.15, 0.2) is 0 Å². The Bertz CT molecular complexity index is 228. The number of aliphatic hydroxyl groups is 1. The van der Waals surface area contributed by atoms with Crippen LogP contribution in [0.5, 0.6) is 0 Å². The second kappa shape index (κ2) is 9.08. The molecule has 0 aromatic rings. The topological polar surface area (TPSA) is 75.6 Å². The number of nitrogens with one attached hydrogen (secondary N) is 1. The zero-order chi connectivity index (χ0) is 11.6. The molecular weight excluding hydrogens is 218 g/mol. The predicted octanol–water partition coefficient (Wildman–Crippen LogP) is 0.105. The normalized spacial score (nSPS) is 11.9. The van der Waals surface area contributed by atoms with Gasteiger partial charge in [0, 0.05) is 26.9 Å². The maximum absolute atomic E-state index is 11.2. The van der Waals surface area contributed by atoms with Crippen molar-refractivity contribution in [3.63, 3.8) is 0 Å². The fourth-order valence-corrected chi connectivity index (χ4v) is 2.21. The molecular formula is C9H21NO4S. The lowest BCUT2D eigenvalue weighted by Crippen LogP contribution is -2.27. The third kappa shape index (κ3) is 10.1. The first-order valence-corrected chi connectivity index (χ1v) is 6.85. The van der Waals surface area contributed by atoms with Crippen LogP contribution in [0.4, 0.5) is 0 Å². The molecule has 0 fully saturated rings. The third-order valence-electron chi connectivity index (χ3n) is 1.92. The van der Waals surface area contributed by atoms with E-state index in [1.165, 1.54) is 0 Å². The third-order valence-corrected chi connectivity index (χ3v) is 3.39. The van der Waals surface area contributed by atoms with E-state index in [9.17, 15) is 8.42 Å². The van der Waals surface area contributed by atoms with Crippen LogP contribution in [0.2, 0.25) is 0 Å². The molecule has 0 aromatic carbocycles. The van der Waals surface area contributed by atoms with Crippen molar-refractivity contribution < 1.29 is 18.3 Å². The van der Waals surface area contributed by atoms with Crippen molar-refractivity contribution in [2.45, 2.75) is 25.7 Å². The van der Waals surface area contributed by atoms with E-state index in [1.807, 2.05) is 0 Å². The number of methoxy groups -OCH3 is 1. The zero-order valence-corrected chi connectivity index (χ0v) is 10.1. The van der Waals surface area contributed by atoms with Gasteiger partial charge in [-0.15, -0.1) is 0 Å². The highest BCUT2D eigenvalue weighted by atomic mass is 32.2. The van der Waals surface area contributed by atoms with Gasteiger partial charge in [0.2, 0.25) is 10.0 Å². The molecule has 0 saturated heterocycles. The van der Waals surface area contributed by atoms with Gasteiger partial charge in [0.05, 0.1) is 5.75 Å². The van der Waals surface area contributed by atoms with Crippen LogP contribution in [-0.4, -0.2) is 46.1 Å². The van der Waals surface area contributed by atoms with Crippen LogP contribution in [0, 0.1) is 0 Å². The minimum Gasteiger partial charge on any atom is -0.396 e. The van der Waals surface area contributed by atoms with Gasteiger partial charge in [-0.2, -0.15) is 0 Å². The summed E-state index contributed by atoms with van der Waals surface area (Å²) in [5.41, 5.74) is 0. The van der Waals surface area contributed by atoms with Crippen LogP contribution in [0.1, 0.15) is 25.7 Å². The Kier molecular flexibility index (Phi) is 8.98. The van der Waals surface area contributed by atoms with E-state index in [0.29, 0.717) is 13.0 Å². The average Bonchev–Trinajstić information content (AvgIpc) is 2.20. The summed E-state index contributed by atoms with van der Waals surface area (Å²) < 4.78 is 29.8. The van der Waals surface area contributed by atoms with E-state index in [4.69, 9.17) is 9.84 Å². The minimum atomic E-state index is -3.18. The second-order valence-electron chi connectivity index (χ2n) is 3.34. The van der Waals surface area contributed by atoms with Gasteiger partial charge >= 0.3 is 0 Å².